The molecule has 0 aromatic heterocycles. The van der Waals surface area contributed by atoms with E-state index in [1.807, 2.05) is 18.2 Å². The van der Waals surface area contributed by atoms with E-state index in [9.17, 15) is 14.0 Å². The van der Waals surface area contributed by atoms with Crippen molar-refractivity contribution in [1.29, 1.82) is 0 Å². The maximum absolute atomic E-state index is 14.3. The van der Waals surface area contributed by atoms with Crippen molar-refractivity contribution < 1.29 is 14.0 Å². The molecule has 1 saturated carbocycles. The van der Waals surface area contributed by atoms with E-state index in [1.54, 1.807) is 36.9 Å². The minimum Gasteiger partial charge on any atom is -0.352 e. The van der Waals surface area contributed by atoms with Crippen molar-refractivity contribution in [2.24, 2.45) is 0 Å². The van der Waals surface area contributed by atoms with Gasteiger partial charge in [0.25, 0.3) is 0 Å². The predicted molar refractivity (Wildman–Crippen MR) is 124 cm³/mol. The lowest BCUT2D eigenvalue weighted by Gasteiger charge is -2.30. The lowest BCUT2D eigenvalue weighted by Crippen LogP contribution is -2.49. The molecule has 0 saturated heterocycles. The molecule has 0 heterocycles. The predicted octanol–water partition coefficient (Wildman–Crippen LogP) is 4.93. The van der Waals surface area contributed by atoms with Gasteiger partial charge in [0.15, 0.2) is 0 Å². The van der Waals surface area contributed by atoms with Crippen molar-refractivity contribution in [3.8, 4) is 0 Å². The second-order valence-corrected chi connectivity index (χ2v) is 9.17. The molecule has 1 unspecified atom stereocenters. The third kappa shape index (κ3) is 7.10. The van der Waals surface area contributed by atoms with E-state index in [1.165, 1.54) is 16.5 Å². The van der Waals surface area contributed by atoms with Gasteiger partial charge in [0.05, 0.1) is 0 Å². The number of carbonyl (C=O) groups excluding carboxylic acids is 2. The Kier molecular flexibility index (Phi) is 8.95. The van der Waals surface area contributed by atoms with Crippen LogP contribution in [0.15, 0.2) is 54.6 Å². The van der Waals surface area contributed by atoms with E-state index in [-0.39, 0.29) is 30.2 Å². The van der Waals surface area contributed by atoms with Gasteiger partial charge in [0.1, 0.15) is 11.9 Å². The molecule has 1 atom stereocenters. The Labute approximate surface area is 188 Å². The average Bonchev–Trinajstić information content (AvgIpc) is 3.29. The lowest BCUT2D eigenvalue weighted by molar-refractivity contribution is -0.140. The van der Waals surface area contributed by atoms with Gasteiger partial charge in [-0.05, 0) is 31.4 Å². The van der Waals surface area contributed by atoms with E-state index < -0.39 is 6.04 Å². The summed E-state index contributed by atoms with van der Waals surface area (Å²) in [4.78, 5) is 27.4. The van der Waals surface area contributed by atoms with Gasteiger partial charge in [0.2, 0.25) is 11.8 Å². The summed E-state index contributed by atoms with van der Waals surface area (Å²) in [6.45, 7) is 1.83. The van der Waals surface area contributed by atoms with Gasteiger partial charge in [-0.3, -0.25) is 9.59 Å². The van der Waals surface area contributed by atoms with E-state index >= 15 is 0 Å². The normalized spacial score (nSPS) is 14.9. The van der Waals surface area contributed by atoms with Gasteiger partial charge in [-0.15, -0.1) is 0 Å². The number of hydrogen-bond donors (Lipinski definition) is 1. The van der Waals surface area contributed by atoms with Crippen molar-refractivity contribution in [3.05, 3.63) is 71.5 Å². The first-order chi connectivity index (χ1) is 15.0. The highest BCUT2D eigenvalue weighted by Gasteiger charge is 2.28. The first-order valence-electron chi connectivity index (χ1n) is 11.0. The molecule has 4 nitrogen and oxygen atoms in total. The van der Waals surface area contributed by atoms with E-state index in [2.05, 4.69) is 17.4 Å². The van der Waals surface area contributed by atoms with Crippen molar-refractivity contribution in [2.75, 3.05) is 5.75 Å². The number of nitrogens with zero attached hydrogens (tertiary/aromatic N) is 1. The number of benzene rings is 2. The highest BCUT2D eigenvalue weighted by molar-refractivity contribution is 7.98. The Morgan fingerprint density at radius 2 is 1.77 bits per heavy atom. The largest absolute Gasteiger partial charge is 0.352 e. The Bertz CT molecular complexity index is 856. The van der Waals surface area contributed by atoms with Gasteiger partial charge in [-0.25, -0.2) is 4.39 Å². The monoisotopic (exact) mass is 442 g/mol. The maximum atomic E-state index is 14.3. The molecule has 6 heteroatoms. The molecule has 2 aromatic carbocycles. The van der Waals surface area contributed by atoms with Crippen LogP contribution in [0.25, 0.3) is 0 Å². The minimum atomic E-state index is -0.646. The second kappa shape index (κ2) is 11.9. The zero-order chi connectivity index (χ0) is 22.1. The van der Waals surface area contributed by atoms with E-state index in [0.717, 1.165) is 31.4 Å². The zero-order valence-corrected chi connectivity index (χ0v) is 18.9. The molecule has 31 heavy (non-hydrogen) atoms. The molecule has 0 radical (unpaired) electrons. The van der Waals surface area contributed by atoms with Crippen LogP contribution in [-0.4, -0.2) is 34.6 Å². The Morgan fingerprint density at radius 1 is 1.10 bits per heavy atom. The highest BCUT2D eigenvalue weighted by atomic mass is 32.2. The van der Waals surface area contributed by atoms with Crippen molar-refractivity contribution in [2.45, 2.75) is 63.4 Å². The topological polar surface area (TPSA) is 49.4 Å². The van der Waals surface area contributed by atoms with Crippen LogP contribution >= 0.6 is 11.8 Å². The quantitative estimate of drug-likeness (QED) is 0.531. The number of carbonyl (C=O) groups is 2. The molecule has 2 aromatic rings. The number of amides is 2. The van der Waals surface area contributed by atoms with E-state index in [4.69, 9.17) is 0 Å². The maximum Gasteiger partial charge on any atom is 0.242 e. The van der Waals surface area contributed by atoms with Crippen LogP contribution in [0.2, 0.25) is 0 Å². The third-order valence-electron chi connectivity index (χ3n) is 5.74. The first kappa shape index (κ1) is 23.3. The van der Waals surface area contributed by atoms with E-state index in [0.29, 0.717) is 17.7 Å². The summed E-state index contributed by atoms with van der Waals surface area (Å²) < 4.78 is 14.3. The van der Waals surface area contributed by atoms with Gasteiger partial charge in [0, 0.05) is 36.1 Å². The average molecular weight is 443 g/mol. The fourth-order valence-electron chi connectivity index (χ4n) is 3.85. The number of halogens is 1. The molecule has 0 bridgehead atoms. The fourth-order valence-corrected chi connectivity index (χ4v) is 4.74. The summed E-state index contributed by atoms with van der Waals surface area (Å²) in [5.74, 6) is 0.839. The number of nitrogens with one attached hydrogen (secondary N) is 1. The van der Waals surface area contributed by atoms with Crippen LogP contribution in [0.1, 0.15) is 50.2 Å². The fraction of sp³-hybridized carbons (Fsp3) is 0.440. The van der Waals surface area contributed by atoms with Gasteiger partial charge >= 0.3 is 0 Å². The number of hydrogen-bond acceptors (Lipinski definition) is 3. The Morgan fingerprint density at radius 3 is 2.48 bits per heavy atom. The zero-order valence-electron chi connectivity index (χ0n) is 18.1. The summed E-state index contributed by atoms with van der Waals surface area (Å²) in [7, 11) is 0. The molecule has 0 spiro atoms. The number of thioether (sulfide) groups is 1. The molecular weight excluding hydrogens is 411 g/mol. The molecular formula is C25H31FN2O2S. The smallest absolute Gasteiger partial charge is 0.242 e. The SMILES string of the molecule is CC(C(=O)NC1CCCC1)N(Cc1ccccc1F)C(=O)CCSCc1ccccc1. The molecule has 1 aliphatic carbocycles. The lowest BCUT2D eigenvalue weighted by atomic mass is 10.1. The third-order valence-corrected chi connectivity index (χ3v) is 6.77. The molecule has 1 aliphatic rings. The summed E-state index contributed by atoms with van der Waals surface area (Å²) in [6.07, 6.45) is 4.52. The first-order valence-corrected chi connectivity index (χ1v) is 12.1. The van der Waals surface area contributed by atoms with Crippen LogP contribution in [0, 0.1) is 5.82 Å². The summed E-state index contributed by atoms with van der Waals surface area (Å²) in [5.41, 5.74) is 1.64. The summed E-state index contributed by atoms with van der Waals surface area (Å²) >= 11 is 1.69. The molecule has 2 amide bonds. The van der Waals surface area contributed by atoms with Gasteiger partial charge < -0.3 is 10.2 Å². The number of rotatable bonds is 10. The Hall–Kier alpha value is -2.34. The highest BCUT2D eigenvalue weighted by Crippen LogP contribution is 2.20. The van der Waals surface area contributed by atoms with Crippen LogP contribution < -0.4 is 5.32 Å². The van der Waals surface area contributed by atoms with Crippen molar-refractivity contribution in [1.82, 2.24) is 10.2 Å². The Balaban J connectivity index is 1.61. The second-order valence-electron chi connectivity index (χ2n) is 8.07. The molecule has 3 rings (SSSR count). The standard InChI is InChI=1S/C25H31FN2O2S/c1-19(25(30)27-22-12-6-7-13-22)28(17-21-11-5-8-14-23(21)26)24(29)15-16-31-18-20-9-3-2-4-10-20/h2-5,8-11,14,19,22H,6-7,12-13,15-18H2,1H3,(H,27,30). The summed E-state index contributed by atoms with van der Waals surface area (Å²) in [5, 5.41) is 3.07. The van der Waals surface area contributed by atoms with Crippen LogP contribution in [0.4, 0.5) is 4.39 Å². The molecule has 166 valence electrons. The van der Waals surface area contributed by atoms with Crippen molar-refractivity contribution >= 4 is 23.6 Å². The van der Waals surface area contributed by atoms with Gasteiger partial charge in [-0.1, -0.05) is 61.4 Å². The summed E-state index contributed by atoms with van der Waals surface area (Å²) in [6, 6.07) is 16.1. The van der Waals surface area contributed by atoms with Crippen LogP contribution in [-0.2, 0) is 21.9 Å². The van der Waals surface area contributed by atoms with Crippen molar-refractivity contribution in [3.63, 3.8) is 0 Å². The molecule has 1 fully saturated rings. The van der Waals surface area contributed by atoms with Crippen LogP contribution in [0.5, 0.6) is 0 Å². The molecule has 1 N–H and O–H groups in total. The van der Waals surface area contributed by atoms with Crippen LogP contribution in [0.3, 0.4) is 0 Å². The molecule has 0 aliphatic heterocycles. The minimum absolute atomic E-state index is 0.0914. The van der Waals surface area contributed by atoms with Gasteiger partial charge in [-0.2, -0.15) is 11.8 Å².